The summed E-state index contributed by atoms with van der Waals surface area (Å²) in [4.78, 5) is 0. The Morgan fingerprint density at radius 2 is 2.00 bits per heavy atom. The summed E-state index contributed by atoms with van der Waals surface area (Å²) in [6, 6.07) is 0. The summed E-state index contributed by atoms with van der Waals surface area (Å²) in [6.45, 7) is 13.3. The molecule has 0 saturated carbocycles. The van der Waals surface area contributed by atoms with E-state index in [9.17, 15) is 0 Å². The molecule has 0 amide bonds. The fraction of sp³-hybridized carbons (Fsp3) is 0.833. The van der Waals surface area contributed by atoms with Gasteiger partial charge >= 0.3 is 0 Å². The van der Waals surface area contributed by atoms with Crippen LogP contribution in [-0.4, -0.2) is 12.1 Å². The first-order chi connectivity index (χ1) is 6.37. The summed E-state index contributed by atoms with van der Waals surface area (Å²) in [6.07, 6.45) is 3.72. The zero-order chi connectivity index (χ0) is 11.2. The van der Waals surface area contributed by atoms with Crippen molar-refractivity contribution in [1.29, 1.82) is 0 Å². The zero-order valence-electron chi connectivity index (χ0n) is 10.2. The Bertz CT molecular complexity index is 171. The van der Waals surface area contributed by atoms with E-state index in [0.717, 1.165) is 11.6 Å². The van der Waals surface area contributed by atoms with E-state index in [-0.39, 0.29) is 5.54 Å². The van der Waals surface area contributed by atoms with Crippen LogP contribution in [0.5, 0.6) is 0 Å². The lowest BCUT2D eigenvalue weighted by Gasteiger charge is -2.28. The van der Waals surface area contributed by atoms with Gasteiger partial charge in [-0.05, 0) is 26.2 Å². The van der Waals surface area contributed by atoms with Crippen molar-refractivity contribution in [2.75, 3.05) is 6.54 Å². The highest BCUT2D eigenvalue weighted by Crippen LogP contribution is 2.16. The quantitative estimate of drug-likeness (QED) is 0.660. The second-order valence-electron chi connectivity index (χ2n) is 5.10. The minimum atomic E-state index is 0.130. The monoisotopic (exact) mass is 198 g/mol. The predicted molar refractivity (Wildman–Crippen MR) is 64.1 cm³/mol. The van der Waals surface area contributed by atoms with Gasteiger partial charge in [0.05, 0.1) is 0 Å². The highest BCUT2D eigenvalue weighted by Gasteiger charge is 2.16. The molecule has 2 nitrogen and oxygen atoms in total. The van der Waals surface area contributed by atoms with Crippen molar-refractivity contribution in [2.45, 2.75) is 52.5 Å². The first-order valence-corrected chi connectivity index (χ1v) is 5.53. The van der Waals surface area contributed by atoms with Gasteiger partial charge in [-0.15, -0.1) is 0 Å². The summed E-state index contributed by atoms with van der Waals surface area (Å²) in [5.41, 5.74) is 6.55. The van der Waals surface area contributed by atoms with Crippen LogP contribution in [0.3, 0.4) is 0 Å². The lowest BCUT2D eigenvalue weighted by Crippen LogP contribution is -2.40. The Hall–Kier alpha value is -0.500. The highest BCUT2D eigenvalue weighted by molar-refractivity contribution is 4.98. The Balaban J connectivity index is 3.77. The van der Waals surface area contributed by atoms with Crippen LogP contribution in [0.1, 0.15) is 47.0 Å². The molecule has 84 valence electrons. The molecular weight excluding hydrogens is 172 g/mol. The van der Waals surface area contributed by atoms with Crippen LogP contribution >= 0.6 is 0 Å². The molecule has 0 aromatic carbocycles. The van der Waals surface area contributed by atoms with Gasteiger partial charge in [-0.1, -0.05) is 33.3 Å². The topological polar surface area (TPSA) is 38.0 Å². The van der Waals surface area contributed by atoms with E-state index in [1.54, 1.807) is 0 Å². The predicted octanol–water partition coefficient (Wildman–Crippen LogP) is 2.65. The minimum Gasteiger partial charge on any atom is -0.383 e. The summed E-state index contributed by atoms with van der Waals surface area (Å²) in [5.74, 6) is 0.795. The second kappa shape index (κ2) is 6.07. The molecule has 0 fully saturated rings. The first kappa shape index (κ1) is 13.5. The van der Waals surface area contributed by atoms with E-state index in [1.165, 1.54) is 19.3 Å². The maximum atomic E-state index is 5.49. The molecule has 0 heterocycles. The maximum absolute atomic E-state index is 5.49. The average molecular weight is 198 g/mol. The number of nitrogens with two attached hydrogens (primary N) is 1. The molecule has 0 bridgehead atoms. The maximum Gasteiger partial charge on any atom is 0.0322 e. The van der Waals surface area contributed by atoms with E-state index in [0.29, 0.717) is 6.54 Å². The molecule has 0 aromatic rings. The van der Waals surface area contributed by atoms with Crippen molar-refractivity contribution in [2.24, 2.45) is 11.7 Å². The molecular formula is C12H26N2. The summed E-state index contributed by atoms with van der Waals surface area (Å²) in [5, 5.41) is 3.36. The first-order valence-electron chi connectivity index (χ1n) is 5.53. The number of hydrogen-bond donors (Lipinski definition) is 2. The third-order valence-corrected chi connectivity index (χ3v) is 2.34. The molecule has 14 heavy (non-hydrogen) atoms. The molecule has 0 aliphatic heterocycles. The smallest absolute Gasteiger partial charge is 0.0322 e. The van der Waals surface area contributed by atoms with Crippen LogP contribution in [-0.2, 0) is 0 Å². The van der Waals surface area contributed by atoms with E-state index >= 15 is 0 Å². The van der Waals surface area contributed by atoms with Gasteiger partial charge in [-0.3, -0.25) is 0 Å². The van der Waals surface area contributed by atoms with Gasteiger partial charge in [-0.25, -0.2) is 0 Å². The van der Waals surface area contributed by atoms with Crippen molar-refractivity contribution < 1.29 is 0 Å². The van der Waals surface area contributed by atoms with Crippen molar-refractivity contribution in [3.63, 3.8) is 0 Å². The standard InChI is InChI=1S/C12H26N2/c1-10(2)7-6-8-12(4,5)14-11(3)9-13/h10,14H,3,6-9,13H2,1-2,4-5H3. The molecule has 0 aromatic heterocycles. The fourth-order valence-electron chi connectivity index (χ4n) is 1.54. The van der Waals surface area contributed by atoms with Crippen LogP contribution in [0.4, 0.5) is 0 Å². The normalized spacial score (nSPS) is 11.9. The van der Waals surface area contributed by atoms with Crippen LogP contribution in [0.15, 0.2) is 12.3 Å². The third-order valence-electron chi connectivity index (χ3n) is 2.34. The number of rotatable bonds is 7. The Kier molecular flexibility index (Phi) is 5.86. The van der Waals surface area contributed by atoms with Crippen molar-refractivity contribution >= 4 is 0 Å². The molecule has 2 heteroatoms. The molecule has 0 aliphatic carbocycles. The van der Waals surface area contributed by atoms with Crippen LogP contribution in [0.2, 0.25) is 0 Å². The molecule has 0 rings (SSSR count). The molecule has 0 saturated heterocycles. The Morgan fingerprint density at radius 3 is 2.43 bits per heavy atom. The lowest BCUT2D eigenvalue weighted by molar-refractivity contribution is 0.366. The SMILES string of the molecule is C=C(CN)NC(C)(C)CCCC(C)C. The van der Waals surface area contributed by atoms with Gasteiger partial charge in [0, 0.05) is 17.8 Å². The lowest BCUT2D eigenvalue weighted by atomic mass is 9.94. The van der Waals surface area contributed by atoms with Crippen LogP contribution < -0.4 is 11.1 Å². The van der Waals surface area contributed by atoms with E-state index in [4.69, 9.17) is 5.73 Å². The van der Waals surface area contributed by atoms with Gasteiger partial charge in [0.15, 0.2) is 0 Å². The van der Waals surface area contributed by atoms with Crippen molar-refractivity contribution in [3.8, 4) is 0 Å². The van der Waals surface area contributed by atoms with Gasteiger partial charge in [-0.2, -0.15) is 0 Å². The fourth-order valence-corrected chi connectivity index (χ4v) is 1.54. The molecule has 0 atom stereocenters. The van der Waals surface area contributed by atoms with Gasteiger partial charge in [0.2, 0.25) is 0 Å². The summed E-state index contributed by atoms with van der Waals surface area (Å²) in [7, 11) is 0. The Morgan fingerprint density at radius 1 is 1.43 bits per heavy atom. The molecule has 3 N–H and O–H groups in total. The summed E-state index contributed by atoms with van der Waals surface area (Å²) < 4.78 is 0. The average Bonchev–Trinajstić information content (AvgIpc) is 2.02. The van der Waals surface area contributed by atoms with Crippen LogP contribution in [0, 0.1) is 5.92 Å². The second-order valence-corrected chi connectivity index (χ2v) is 5.10. The van der Waals surface area contributed by atoms with Gasteiger partial charge in [0.1, 0.15) is 0 Å². The number of nitrogens with one attached hydrogen (secondary N) is 1. The Labute approximate surface area is 89.0 Å². The largest absolute Gasteiger partial charge is 0.383 e. The molecule has 0 unspecified atom stereocenters. The van der Waals surface area contributed by atoms with E-state index in [1.807, 2.05) is 0 Å². The van der Waals surface area contributed by atoms with Crippen molar-refractivity contribution in [1.82, 2.24) is 5.32 Å². The zero-order valence-corrected chi connectivity index (χ0v) is 10.2. The van der Waals surface area contributed by atoms with Crippen molar-refractivity contribution in [3.05, 3.63) is 12.3 Å². The summed E-state index contributed by atoms with van der Waals surface area (Å²) >= 11 is 0. The molecule has 0 radical (unpaired) electrons. The van der Waals surface area contributed by atoms with E-state index in [2.05, 4.69) is 39.6 Å². The molecule has 0 spiro atoms. The highest BCUT2D eigenvalue weighted by atomic mass is 15.0. The van der Waals surface area contributed by atoms with E-state index < -0.39 is 0 Å². The molecule has 0 aliphatic rings. The van der Waals surface area contributed by atoms with Crippen LogP contribution in [0.25, 0.3) is 0 Å². The number of hydrogen-bond acceptors (Lipinski definition) is 2. The minimum absolute atomic E-state index is 0.130. The van der Waals surface area contributed by atoms with Gasteiger partial charge < -0.3 is 11.1 Å². The third kappa shape index (κ3) is 6.96. The van der Waals surface area contributed by atoms with Gasteiger partial charge in [0.25, 0.3) is 0 Å².